The SMILES string of the molecule is C=C1C(=CC=C2CCC[C@@]3(C)C2CC[C@@H]3[C@@](C)(O)CC(O)CC(C)C)C[C@@H](O)C[C@@H]1O. The second kappa shape index (κ2) is 9.51. The minimum Gasteiger partial charge on any atom is -0.393 e. The van der Waals surface area contributed by atoms with Gasteiger partial charge in [0.05, 0.1) is 23.9 Å². The topological polar surface area (TPSA) is 80.9 Å². The summed E-state index contributed by atoms with van der Waals surface area (Å²) < 4.78 is 0. The van der Waals surface area contributed by atoms with E-state index in [1.54, 1.807) is 0 Å². The Hall–Kier alpha value is -0.940. The first kappa shape index (κ1) is 24.7. The van der Waals surface area contributed by atoms with Crippen LogP contribution in [0.4, 0.5) is 0 Å². The lowest BCUT2D eigenvalue weighted by molar-refractivity contribution is -0.0867. The molecular weight excluding hydrogens is 388 g/mol. The zero-order valence-corrected chi connectivity index (χ0v) is 20.0. The summed E-state index contributed by atoms with van der Waals surface area (Å²) in [5.41, 5.74) is 2.26. The quantitative estimate of drug-likeness (QED) is 0.491. The molecule has 0 aromatic heterocycles. The second-order valence-corrected chi connectivity index (χ2v) is 11.5. The first-order valence-electron chi connectivity index (χ1n) is 12.3. The third kappa shape index (κ3) is 5.35. The maximum absolute atomic E-state index is 11.5. The highest BCUT2D eigenvalue weighted by atomic mass is 16.3. The molecule has 0 aromatic rings. The fourth-order valence-electron chi connectivity index (χ4n) is 6.97. The average molecular weight is 433 g/mol. The van der Waals surface area contributed by atoms with Crippen LogP contribution in [0.2, 0.25) is 0 Å². The van der Waals surface area contributed by atoms with Gasteiger partial charge in [-0.2, -0.15) is 0 Å². The summed E-state index contributed by atoms with van der Waals surface area (Å²) in [5, 5.41) is 42.1. The van der Waals surface area contributed by atoms with E-state index in [1.165, 1.54) is 5.57 Å². The van der Waals surface area contributed by atoms with Gasteiger partial charge in [-0.25, -0.2) is 0 Å². The van der Waals surface area contributed by atoms with Crippen molar-refractivity contribution in [2.75, 3.05) is 0 Å². The summed E-state index contributed by atoms with van der Waals surface area (Å²) in [6.45, 7) is 12.5. The minimum absolute atomic E-state index is 0.0340. The summed E-state index contributed by atoms with van der Waals surface area (Å²) in [7, 11) is 0. The summed E-state index contributed by atoms with van der Waals surface area (Å²) in [6, 6.07) is 0. The fourth-order valence-corrected chi connectivity index (χ4v) is 6.97. The van der Waals surface area contributed by atoms with Crippen molar-refractivity contribution in [2.45, 2.75) is 109 Å². The lowest BCUT2D eigenvalue weighted by atomic mass is 9.59. The molecule has 0 spiro atoms. The molecule has 3 aliphatic carbocycles. The van der Waals surface area contributed by atoms with Gasteiger partial charge in [-0.3, -0.25) is 0 Å². The number of allylic oxidation sites excluding steroid dienone is 3. The molecule has 4 nitrogen and oxygen atoms in total. The van der Waals surface area contributed by atoms with E-state index in [0.29, 0.717) is 31.1 Å². The standard InChI is InChI=1S/C27H44O4/c1-17(2)13-22(29)16-27(5,31)25-11-10-23-19(7-6-12-26(23,25)4)8-9-20-14-21(28)15-24(30)18(20)3/h8-9,17,21-25,28-31H,3,6-7,10-16H2,1-2,4-5H3/t21-,22?,23?,24+,25+,26+,27+/m1/s1. The molecule has 0 radical (unpaired) electrons. The molecule has 0 bridgehead atoms. The molecule has 7 atom stereocenters. The van der Waals surface area contributed by atoms with Gasteiger partial charge in [0.15, 0.2) is 0 Å². The highest BCUT2D eigenvalue weighted by Crippen LogP contribution is 2.60. The van der Waals surface area contributed by atoms with E-state index in [-0.39, 0.29) is 11.3 Å². The molecular formula is C27H44O4. The molecule has 4 N–H and O–H groups in total. The van der Waals surface area contributed by atoms with Gasteiger partial charge in [0.1, 0.15) is 0 Å². The number of rotatable bonds is 6. The third-order valence-corrected chi connectivity index (χ3v) is 8.37. The summed E-state index contributed by atoms with van der Waals surface area (Å²) >= 11 is 0. The molecule has 0 amide bonds. The van der Waals surface area contributed by atoms with Crippen molar-refractivity contribution in [3.8, 4) is 0 Å². The number of hydrogen-bond acceptors (Lipinski definition) is 4. The van der Waals surface area contributed by atoms with Crippen molar-refractivity contribution >= 4 is 0 Å². The number of aliphatic hydroxyl groups is 4. The van der Waals surface area contributed by atoms with Crippen LogP contribution in [-0.4, -0.2) is 44.3 Å². The number of hydrogen-bond donors (Lipinski definition) is 4. The van der Waals surface area contributed by atoms with Crippen molar-refractivity contribution in [1.82, 2.24) is 0 Å². The highest BCUT2D eigenvalue weighted by Gasteiger charge is 2.55. The van der Waals surface area contributed by atoms with Gasteiger partial charge < -0.3 is 20.4 Å². The van der Waals surface area contributed by atoms with E-state index in [2.05, 4.69) is 39.5 Å². The van der Waals surface area contributed by atoms with Crippen LogP contribution in [-0.2, 0) is 0 Å². The Morgan fingerprint density at radius 1 is 1.23 bits per heavy atom. The van der Waals surface area contributed by atoms with Crippen LogP contribution in [0.15, 0.2) is 35.5 Å². The number of aliphatic hydroxyl groups excluding tert-OH is 3. The fraction of sp³-hybridized carbons (Fsp3) is 0.778. The van der Waals surface area contributed by atoms with Crippen molar-refractivity contribution in [1.29, 1.82) is 0 Å². The Labute approximate surface area is 188 Å². The van der Waals surface area contributed by atoms with E-state index in [9.17, 15) is 20.4 Å². The van der Waals surface area contributed by atoms with E-state index >= 15 is 0 Å². The zero-order chi connectivity index (χ0) is 23.0. The van der Waals surface area contributed by atoms with Crippen molar-refractivity contribution in [3.63, 3.8) is 0 Å². The lowest BCUT2D eigenvalue weighted by Gasteiger charge is -2.47. The number of fused-ring (bicyclic) bond motifs is 1. The van der Waals surface area contributed by atoms with Crippen LogP contribution in [0.5, 0.6) is 0 Å². The van der Waals surface area contributed by atoms with Crippen LogP contribution in [0.3, 0.4) is 0 Å². The van der Waals surface area contributed by atoms with E-state index < -0.39 is 23.9 Å². The summed E-state index contributed by atoms with van der Waals surface area (Å²) in [5.74, 6) is 1.03. The smallest absolute Gasteiger partial charge is 0.0811 e. The second-order valence-electron chi connectivity index (χ2n) is 11.5. The maximum Gasteiger partial charge on any atom is 0.0811 e. The zero-order valence-electron chi connectivity index (χ0n) is 20.0. The largest absolute Gasteiger partial charge is 0.393 e. The molecule has 3 aliphatic rings. The third-order valence-electron chi connectivity index (χ3n) is 8.37. The molecule has 3 rings (SSSR count). The summed E-state index contributed by atoms with van der Waals surface area (Å²) in [6.07, 6.45) is 10.1. The van der Waals surface area contributed by atoms with Crippen molar-refractivity contribution < 1.29 is 20.4 Å². The molecule has 0 aliphatic heterocycles. The molecule has 3 saturated carbocycles. The molecule has 176 valence electrons. The predicted octanol–water partition coefficient (Wildman–Crippen LogP) is 4.68. The molecule has 0 heterocycles. The van der Waals surface area contributed by atoms with Crippen molar-refractivity contribution in [2.24, 2.45) is 23.2 Å². The van der Waals surface area contributed by atoms with Crippen LogP contribution < -0.4 is 0 Å². The first-order valence-corrected chi connectivity index (χ1v) is 12.3. The van der Waals surface area contributed by atoms with E-state index in [0.717, 1.165) is 49.7 Å². The molecule has 31 heavy (non-hydrogen) atoms. The van der Waals surface area contributed by atoms with E-state index in [4.69, 9.17) is 0 Å². The van der Waals surface area contributed by atoms with Gasteiger partial charge in [0, 0.05) is 12.8 Å². The first-order chi connectivity index (χ1) is 14.4. The van der Waals surface area contributed by atoms with Gasteiger partial charge in [0.25, 0.3) is 0 Å². The van der Waals surface area contributed by atoms with Crippen LogP contribution in [0.1, 0.15) is 85.5 Å². The Bertz CT molecular complexity index is 719. The van der Waals surface area contributed by atoms with Gasteiger partial charge in [-0.05, 0) is 86.2 Å². The monoisotopic (exact) mass is 432 g/mol. The van der Waals surface area contributed by atoms with Crippen LogP contribution in [0, 0.1) is 23.2 Å². The summed E-state index contributed by atoms with van der Waals surface area (Å²) in [4.78, 5) is 0. The molecule has 0 aromatic carbocycles. The van der Waals surface area contributed by atoms with Crippen LogP contribution in [0.25, 0.3) is 0 Å². The lowest BCUT2D eigenvalue weighted by Crippen LogP contribution is -2.47. The van der Waals surface area contributed by atoms with Crippen LogP contribution >= 0.6 is 0 Å². The van der Waals surface area contributed by atoms with Gasteiger partial charge in [0.2, 0.25) is 0 Å². The molecule has 2 unspecified atom stereocenters. The highest BCUT2D eigenvalue weighted by molar-refractivity contribution is 5.38. The molecule has 4 heteroatoms. The average Bonchev–Trinajstić information content (AvgIpc) is 3.00. The molecule has 3 fully saturated rings. The Morgan fingerprint density at radius 3 is 2.61 bits per heavy atom. The van der Waals surface area contributed by atoms with Gasteiger partial charge in [-0.1, -0.05) is 45.1 Å². The van der Waals surface area contributed by atoms with Gasteiger partial charge >= 0.3 is 0 Å². The van der Waals surface area contributed by atoms with E-state index in [1.807, 2.05) is 6.92 Å². The predicted molar refractivity (Wildman–Crippen MR) is 125 cm³/mol. The minimum atomic E-state index is -0.870. The molecule has 0 saturated heterocycles. The Balaban J connectivity index is 1.78. The Morgan fingerprint density at radius 2 is 1.94 bits per heavy atom. The normalized spacial score (nSPS) is 39.7. The van der Waals surface area contributed by atoms with Crippen molar-refractivity contribution in [3.05, 3.63) is 35.5 Å². The Kier molecular flexibility index (Phi) is 7.57. The van der Waals surface area contributed by atoms with Gasteiger partial charge in [-0.15, -0.1) is 0 Å². The maximum atomic E-state index is 11.5.